The SMILES string of the molecule is CSCO[C@H]1C[C@H]2OC[C@@]2(OC(C)=O)[C@@H]([C@H](OC(=O)c2ccccc2)[C@]2(O)C[C@H](OC(=O)[C@H](O)[C@@H](NC(=O)c3ccccc3)c3ccccc3)C(C)=C([C@H](C)OC(C)=O)C2(C)C)[C@]1(C)C=O. The fourth-order valence-corrected chi connectivity index (χ4v) is 10.6. The van der Waals surface area contributed by atoms with Crippen molar-refractivity contribution < 1.29 is 67.4 Å². The molecule has 3 N–H and O–H groups in total. The number of carbonyl (C=O) groups is 6. The normalized spacial score (nSPS) is 28.5. The number of aldehydes is 1. The Hall–Kier alpha value is -5.39. The zero-order chi connectivity index (χ0) is 48.2. The predicted molar refractivity (Wildman–Crippen MR) is 242 cm³/mol. The van der Waals surface area contributed by atoms with Crippen LogP contribution < -0.4 is 5.32 Å². The van der Waals surface area contributed by atoms with E-state index in [0.717, 1.165) is 0 Å². The molecule has 2 fully saturated rings. The van der Waals surface area contributed by atoms with Gasteiger partial charge in [-0.2, -0.15) is 0 Å². The van der Waals surface area contributed by atoms with Gasteiger partial charge in [-0.3, -0.25) is 14.4 Å². The van der Waals surface area contributed by atoms with E-state index < -0.39 is 107 Å². The van der Waals surface area contributed by atoms with Crippen LogP contribution in [-0.2, 0) is 47.6 Å². The maximum absolute atomic E-state index is 14.5. The van der Waals surface area contributed by atoms with Crippen LogP contribution in [-0.4, -0.2) is 113 Å². The highest BCUT2D eigenvalue weighted by Crippen LogP contribution is 2.62. The molecular weight excluding hydrogens is 871 g/mol. The lowest BCUT2D eigenvalue weighted by Crippen LogP contribution is -2.79. The second-order valence-corrected chi connectivity index (χ2v) is 18.8. The van der Waals surface area contributed by atoms with E-state index in [2.05, 4.69) is 5.32 Å². The number of benzene rings is 3. The minimum atomic E-state index is -2.39. The molecule has 2 aliphatic carbocycles. The maximum Gasteiger partial charge on any atom is 0.338 e. The summed E-state index contributed by atoms with van der Waals surface area (Å²) in [6, 6.07) is 23.3. The summed E-state index contributed by atoms with van der Waals surface area (Å²) in [4.78, 5) is 82.2. The summed E-state index contributed by atoms with van der Waals surface area (Å²) in [7, 11) is 0. The van der Waals surface area contributed by atoms with Gasteiger partial charge in [0.25, 0.3) is 5.91 Å². The first-order valence-electron chi connectivity index (χ1n) is 21.8. The van der Waals surface area contributed by atoms with Crippen LogP contribution in [0.15, 0.2) is 102 Å². The number of amides is 1. The van der Waals surface area contributed by atoms with Gasteiger partial charge in [0.1, 0.15) is 36.3 Å². The molecule has 3 aromatic rings. The van der Waals surface area contributed by atoms with Gasteiger partial charge in [0, 0.05) is 37.7 Å². The number of aliphatic hydroxyl groups excluding tert-OH is 1. The Morgan fingerprint density at radius 1 is 0.894 bits per heavy atom. The highest BCUT2D eigenvalue weighted by Gasteiger charge is 2.75. The van der Waals surface area contributed by atoms with Crippen molar-refractivity contribution in [3.63, 3.8) is 0 Å². The number of hydrogen-bond acceptors (Lipinski definition) is 15. The molecule has 0 spiro atoms. The van der Waals surface area contributed by atoms with Crippen molar-refractivity contribution in [1.29, 1.82) is 0 Å². The first-order valence-corrected chi connectivity index (χ1v) is 23.2. The lowest BCUT2D eigenvalue weighted by Gasteiger charge is -2.65. The summed E-state index contributed by atoms with van der Waals surface area (Å²) < 4.78 is 37.1. The van der Waals surface area contributed by atoms with Crippen molar-refractivity contribution in [1.82, 2.24) is 5.32 Å². The van der Waals surface area contributed by atoms with E-state index in [4.69, 9.17) is 28.4 Å². The van der Waals surface area contributed by atoms with Gasteiger partial charge in [-0.15, -0.1) is 11.8 Å². The summed E-state index contributed by atoms with van der Waals surface area (Å²) >= 11 is 1.36. The van der Waals surface area contributed by atoms with Crippen molar-refractivity contribution in [2.75, 3.05) is 18.8 Å². The van der Waals surface area contributed by atoms with Crippen LogP contribution >= 0.6 is 11.8 Å². The minimum absolute atomic E-state index is 0.0947. The molecule has 0 unspecified atom stereocenters. The van der Waals surface area contributed by atoms with Crippen LogP contribution in [0.1, 0.15) is 93.6 Å². The third-order valence-corrected chi connectivity index (χ3v) is 13.9. The summed E-state index contributed by atoms with van der Waals surface area (Å²) in [5.41, 5.74) is -5.90. The second-order valence-electron chi connectivity index (χ2n) is 18.0. The van der Waals surface area contributed by atoms with Crippen molar-refractivity contribution >= 4 is 47.8 Å². The van der Waals surface area contributed by atoms with Gasteiger partial charge in [0.2, 0.25) is 0 Å². The number of hydrogen-bond donors (Lipinski definition) is 3. The van der Waals surface area contributed by atoms with Gasteiger partial charge in [0.15, 0.2) is 11.7 Å². The molecule has 1 amide bonds. The van der Waals surface area contributed by atoms with E-state index in [1.54, 1.807) is 113 Å². The Morgan fingerprint density at radius 3 is 2.02 bits per heavy atom. The lowest BCUT2D eigenvalue weighted by atomic mass is 9.48. The molecule has 16 heteroatoms. The molecule has 1 saturated heterocycles. The van der Waals surface area contributed by atoms with Crippen LogP contribution in [0.4, 0.5) is 0 Å². The van der Waals surface area contributed by atoms with E-state index in [0.29, 0.717) is 17.4 Å². The van der Waals surface area contributed by atoms with Gasteiger partial charge in [-0.25, -0.2) is 9.59 Å². The highest BCUT2D eigenvalue weighted by atomic mass is 32.2. The molecule has 3 aliphatic rings. The minimum Gasteiger partial charge on any atom is -0.458 e. The quantitative estimate of drug-likeness (QED) is 0.0486. The van der Waals surface area contributed by atoms with E-state index >= 15 is 0 Å². The molecular formula is C50H59NO14S. The molecule has 354 valence electrons. The fraction of sp³-hybridized carbons (Fsp3) is 0.480. The molecule has 66 heavy (non-hydrogen) atoms. The molecule has 11 atom stereocenters. The number of rotatable bonds is 17. The fourth-order valence-electron chi connectivity index (χ4n) is 10.3. The maximum atomic E-state index is 14.5. The predicted octanol–water partition coefficient (Wildman–Crippen LogP) is 5.72. The number of ether oxygens (including phenoxy) is 6. The van der Waals surface area contributed by atoms with E-state index in [1.807, 2.05) is 6.26 Å². The first-order chi connectivity index (χ1) is 31.2. The van der Waals surface area contributed by atoms with Crippen LogP contribution in [0, 0.1) is 16.7 Å². The topological polar surface area (TPSA) is 210 Å². The number of fused-ring (bicyclic) bond motifs is 1. The number of aliphatic hydroxyl groups is 2. The van der Waals surface area contributed by atoms with Gasteiger partial charge >= 0.3 is 23.9 Å². The molecule has 0 radical (unpaired) electrons. The van der Waals surface area contributed by atoms with Crippen LogP contribution in [0.3, 0.4) is 0 Å². The van der Waals surface area contributed by atoms with Crippen LogP contribution in [0.2, 0.25) is 0 Å². The summed E-state index contributed by atoms with van der Waals surface area (Å²) in [6.45, 7) is 10.3. The summed E-state index contributed by atoms with van der Waals surface area (Å²) in [5, 5.41) is 28.6. The van der Waals surface area contributed by atoms with E-state index in [1.165, 1.54) is 37.7 Å². The van der Waals surface area contributed by atoms with Gasteiger partial charge in [0.05, 0.1) is 41.6 Å². The summed E-state index contributed by atoms with van der Waals surface area (Å²) in [5.74, 6) is -5.28. The van der Waals surface area contributed by atoms with Gasteiger partial charge in [-0.05, 0) is 68.0 Å². The Morgan fingerprint density at radius 2 is 1.48 bits per heavy atom. The van der Waals surface area contributed by atoms with Crippen molar-refractivity contribution in [3.8, 4) is 0 Å². The average Bonchev–Trinajstić information content (AvgIpc) is 3.28. The molecule has 6 rings (SSSR count). The summed E-state index contributed by atoms with van der Waals surface area (Å²) in [6.07, 6.45) is -6.04. The third-order valence-electron chi connectivity index (χ3n) is 13.6. The molecule has 0 bridgehead atoms. The van der Waals surface area contributed by atoms with Gasteiger partial charge < -0.3 is 48.7 Å². The monoisotopic (exact) mass is 929 g/mol. The van der Waals surface area contributed by atoms with E-state index in [-0.39, 0.29) is 35.7 Å². The zero-order valence-corrected chi connectivity index (χ0v) is 39.2. The molecule has 15 nitrogen and oxygen atoms in total. The van der Waals surface area contributed by atoms with Gasteiger partial charge in [-0.1, -0.05) is 80.6 Å². The Labute approximate surface area is 388 Å². The lowest BCUT2D eigenvalue weighted by molar-refractivity contribution is -0.344. The number of esters is 4. The molecule has 3 aromatic carbocycles. The second kappa shape index (κ2) is 20.2. The molecule has 1 saturated carbocycles. The largest absolute Gasteiger partial charge is 0.458 e. The standard InChI is InChI=1S/C50H59NO14S/c1-29-36(63-46(58)41(55)40(33-18-12-9-13-19-33)51-44(56)34-20-14-10-15-21-34)25-50(59,47(5,6)39(29)30(2)62-31(3)53)43(64-45(57)35-22-16-11-17-23-35)42-48(7,26-52)37(61-28-66-8)24-38-49(42,27-60-38)65-32(4)54/h9-23,26,30,36-38,40-43,55,59H,24-25,27-28H2,1-8H3,(H,51,56)/t30-,36-,37-,38+,40-,41+,42-,43-,48+,49-,50+/m0/s1. The number of nitrogens with one attached hydrogen (secondary N) is 1. The van der Waals surface area contributed by atoms with Crippen molar-refractivity contribution in [3.05, 3.63) is 119 Å². The smallest absolute Gasteiger partial charge is 0.338 e. The van der Waals surface area contributed by atoms with Crippen LogP contribution in [0.5, 0.6) is 0 Å². The van der Waals surface area contributed by atoms with E-state index in [9.17, 15) is 39.0 Å². The first kappa shape index (κ1) is 50.0. The Kier molecular flexibility index (Phi) is 15.3. The molecule has 1 aliphatic heterocycles. The Balaban J connectivity index is 1.53. The molecule has 1 heterocycles. The number of carbonyl (C=O) groups excluding carboxylic acids is 6. The highest BCUT2D eigenvalue weighted by molar-refractivity contribution is 7.98. The zero-order valence-electron chi connectivity index (χ0n) is 38.4. The van der Waals surface area contributed by atoms with Crippen LogP contribution in [0.25, 0.3) is 0 Å². The molecule has 0 aromatic heterocycles. The Bertz CT molecular complexity index is 2290. The average molecular weight is 930 g/mol. The van der Waals surface area contributed by atoms with Crippen molar-refractivity contribution in [2.45, 2.75) is 115 Å². The number of thioether (sulfide) groups is 1. The third kappa shape index (κ3) is 9.56. The van der Waals surface area contributed by atoms with Crippen molar-refractivity contribution in [2.24, 2.45) is 16.7 Å².